The van der Waals surface area contributed by atoms with Crippen LogP contribution in [0.4, 0.5) is 0 Å². The van der Waals surface area contributed by atoms with Crippen molar-refractivity contribution in [3.05, 3.63) is 12.2 Å². The van der Waals surface area contributed by atoms with Gasteiger partial charge in [0.25, 0.3) is 0 Å². The Hall–Kier alpha value is -0.300. The van der Waals surface area contributed by atoms with Crippen molar-refractivity contribution in [2.24, 2.45) is 41.4 Å². The van der Waals surface area contributed by atoms with Gasteiger partial charge in [-0.05, 0) is 118 Å². The molecule has 4 aliphatic carbocycles. The third kappa shape index (κ3) is 8.38. The number of allylic oxidation sites excluding steroid dienone is 2. The van der Waals surface area contributed by atoms with Crippen LogP contribution in [0.2, 0.25) is 0 Å². The maximum Gasteiger partial charge on any atom is 0.0575 e. The highest BCUT2D eigenvalue weighted by Gasteiger charge is 2.32. The predicted molar refractivity (Wildman–Crippen MR) is 147 cm³/mol. The maximum absolute atomic E-state index is 6.22. The van der Waals surface area contributed by atoms with Gasteiger partial charge in [0.05, 0.1) is 6.10 Å². The van der Waals surface area contributed by atoms with Crippen LogP contribution in [0.3, 0.4) is 0 Å². The van der Waals surface area contributed by atoms with Crippen molar-refractivity contribution in [1.29, 1.82) is 0 Å². The topological polar surface area (TPSA) is 9.23 Å². The van der Waals surface area contributed by atoms with Crippen LogP contribution in [0.5, 0.6) is 0 Å². The first kappa shape index (κ1) is 26.8. The molecule has 0 spiro atoms. The predicted octanol–water partition coefficient (Wildman–Crippen LogP) is 10.1. The summed E-state index contributed by atoms with van der Waals surface area (Å²) in [5.74, 6) is 6.79. The van der Waals surface area contributed by atoms with Crippen molar-refractivity contribution in [2.45, 2.75) is 148 Å². The van der Waals surface area contributed by atoms with E-state index in [2.05, 4.69) is 26.0 Å². The summed E-state index contributed by atoms with van der Waals surface area (Å²) in [4.78, 5) is 0. The van der Waals surface area contributed by atoms with Crippen LogP contribution >= 0.6 is 0 Å². The molecule has 4 aliphatic rings. The van der Waals surface area contributed by atoms with Gasteiger partial charge in [-0.25, -0.2) is 0 Å². The van der Waals surface area contributed by atoms with Gasteiger partial charge in [-0.2, -0.15) is 0 Å². The fraction of sp³-hybridized carbons (Fsp3) is 0.939. The van der Waals surface area contributed by atoms with Crippen LogP contribution in [0.25, 0.3) is 0 Å². The molecule has 0 heterocycles. The van der Waals surface area contributed by atoms with Gasteiger partial charge in [-0.3, -0.25) is 0 Å². The molecule has 0 aromatic rings. The lowest BCUT2D eigenvalue weighted by Crippen LogP contribution is -2.27. The fourth-order valence-corrected chi connectivity index (χ4v) is 8.16. The van der Waals surface area contributed by atoms with E-state index in [0.717, 1.165) is 48.0 Å². The first-order valence-electron chi connectivity index (χ1n) is 16.0. The maximum atomic E-state index is 6.22. The molecule has 0 aromatic carbocycles. The summed E-state index contributed by atoms with van der Waals surface area (Å²) >= 11 is 0. The minimum absolute atomic E-state index is 0.578. The quantitative estimate of drug-likeness (QED) is 0.215. The Kier molecular flexibility index (Phi) is 11.4. The van der Waals surface area contributed by atoms with E-state index in [1.165, 1.54) is 128 Å². The van der Waals surface area contributed by atoms with Gasteiger partial charge in [0, 0.05) is 6.61 Å². The Balaban J connectivity index is 1.07. The normalized spacial score (nSPS) is 39.2. The molecule has 1 heteroatoms. The summed E-state index contributed by atoms with van der Waals surface area (Å²) < 4.78 is 6.22. The second kappa shape index (κ2) is 14.4. The number of unbranched alkanes of at least 4 members (excludes halogenated alkanes) is 2. The van der Waals surface area contributed by atoms with Crippen molar-refractivity contribution in [3.8, 4) is 0 Å². The van der Waals surface area contributed by atoms with Gasteiger partial charge in [0.15, 0.2) is 0 Å². The molecule has 34 heavy (non-hydrogen) atoms. The van der Waals surface area contributed by atoms with E-state index in [9.17, 15) is 0 Å². The fourth-order valence-electron chi connectivity index (χ4n) is 8.16. The van der Waals surface area contributed by atoms with Gasteiger partial charge < -0.3 is 4.74 Å². The lowest BCUT2D eigenvalue weighted by Gasteiger charge is -2.38. The molecule has 2 unspecified atom stereocenters. The molecule has 0 amide bonds. The minimum Gasteiger partial charge on any atom is -0.378 e. The molecule has 0 N–H and O–H groups in total. The van der Waals surface area contributed by atoms with E-state index in [-0.39, 0.29) is 0 Å². The molecule has 1 nitrogen and oxygen atoms in total. The zero-order chi connectivity index (χ0) is 23.6. The Morgan fingerprint density at radius 2 is 1.12 bits per heavy atom. The van der Waals surface area contributed by atoms with Crippen molar-refractivity contribution in [2.75, 3.05) is 6.61 Å². The van der Waals surface area contributed by atoms with Gasteiger partial charge in [-0.15, -0.1) is 0 Å². The highest BCUT2D eigenvalue weighted by atomic mass is 16.5. The molecule has 2 atom stereocenters. The number of hydrogen-bond donors (Lipinski definition) is 0. The van der Waals surface area contributed by atoms with Crippen LogP contribution in [0.15, 0.2) is 12.2 Å². The third-order valence-electron chi connectivity index (χ3n) is 10.7. The molecule has 0 aliphatic heterocycles. The van der Waals surface area contributed by atoms with E-state index >= 15 is 0 Å². The van der Waals surface area contributed by atoms with Gasteiger partial charge in [-0.1, -0.05) is 77.4 Å². The van der Waals surface area contributed by atoms with E-state index in [4.69, 9.17) is 4.74 Å². The first-order chi connectivity index (χ1) is 16.7. The molecule has 0 aromatic heterocycles. The second-order valence-corrected chi connectivity index (χ2v) is 13.2. The summed E-state index contributed by atoms with van der Waals surface area (Å²) in [6, 6.07) is 0. The smallest absolute Gasteiger partial charge is 0.0575 e. The minimum atomic E-state index is 0.578. The van der Waals surface area contributed by atoms with Gasteiger partial charge in [0.2, 0.25) is 0 Å². The van der Waals surface area contributed by atoms with Crippen molar-refractivity contribution in [3.63, 3.8) is 0 Å². The van der Waals surface area contributed by atoms with Crippen molar-refractivity contribution in [1.82, 2.24) is 0 Å². The largest absolute Gasteiger partial charge is 0.378 e. The van der Waals surface area contributed by atoms with Crippen molar-refractivity contribution >= 4 is 0 Å². The second-order valence-electron chi connectivity index (χ2n) is 13.2. The standard InChI is InChI=1S/C33H58O/c1-3-4-5-7-27-11-15-29(16-12-27)31-19-21-32(22-20-31)30-17-13-28(14-18-30)8-6-25-34-33-23-9-26(2)10-24-33/h19,21,26-33H,3-18,20,22-25H2,1-2H3. The molecular weight excluding hydrogens is 412 g/mol. The van der Waals surface area contributed by atoms with E-state index in [0.29, 0.717) is 6.10 Å². The molecular formula is C33H58O. The summed E-state index contributed by atoms with van der Waals surface area (Å²) in [5.41, 5.74) is 0. The van der Waals surface area contributed by atoms with Crippen LogP contribution < -0.4 is 0 Å². The summed E-state index contributed by atoms with van der Waals surface area (Å²) in [7, 11) is 0. The number of ether oxygens (including phenoxy) is 1. The zero-order valence-electron chi connectivity index (χ0n) is 23.0. The van der Waals surface area contributed by atoms with Gasteiger partial charge in [0.1, 0.15) is 0 Å². The number of hydrogen-bond acceptors (Lipinski definition) is 1. The first-order valence-corrected chi connectivity index (χ1v) is 16.0. The van der Waals surface area contributed by atoms with Crippen LogP contribution in [-0.4, -0.2) is 12.7 Å². The lowest BCUT2D eigenvalue weighted by molar-refractivity contribution is 0.0157. The summed E-state index contributed by atoms with van der Waals surface area (Å²) in [5, 5.41) is 0. The molecule has 0 saturated heterocycles. The molecule has 4 rings (SSSR count). The molecule has 196 valence electrons. The molecule has 0 radical (unpaired) electrons. The zero-order valence-corrected chi connectivity index (χ0v) is 23.0. The van der Waals surface area contributed by atoms with Crippen LogP contribution in [0.1, 0.15) is 142 Å². The van der Waals surface area contributed by atoms with E-state index in [1.54, 1.807) is 0 Å². The molecule has 3 fully saturated rings. The van der Waals surface area contributed by atoms with Gasteiger partial charge >= 0.3 is 0 Å². The highest BCUT2D eigenvalue weighted by molar-refractivity contribution is 5.03. The Morgan fingerprint density at radius 3 is 1.62 bits per heavy atom. The summed E-state index contributed by atoms with van der Waals surface area (Å²) in [6.45, 7) is 5.75. The van der Waals surface area contributed by atoms with E-state index in [1.807, 2.05) is 0 Å². The molecule has 3 saturated carbocycles. The lowest BCUT2D eigenvalue weighted by atomic mass is 9.67. The Morgan fingerprint density at radius 1 is 0.588 bits per heavy atom. The monoisotopic (exact) mass is 470 g/mol. The SMILES string of the molecule is CCCCCC1CCC(C2C=CC(C3CCC(CCCOC4CCC(C)CC4)CC3)CC2)CC1. The van der Waals surface area contributed by atoms with Crippen molar-refractivity contribution < 1.29 is 4.74 Å². The average molecular weight is 471 g/mol. The van der Waals surface area contributed by atoms with Crippen LogP contribution in [-0.2, 0) is 4.74 Å². The Bertz CT molecular complexity index is 557. The third-order valence-corrected chi connectivity index (χ3v) is 10.7. The number of rotatable bonds is 11. The summed E-state index contributed by atoms with van der Waals surface area (Å²) in [6.07, 6.45) is 34.9. The Labute approximate surface area is 213 Å². The van der Waals surface area contributed by atoms with E-state index < -0.39 is 0 Å². The molecule has 0 bridgehead atoms. The average Bonchev–Trinajstić information content (AvgIpc) is 2.89. The van der Waals surface area contributed by atoms with Crippen LogP contribution in [0, 0.1) is 41.4 Å². The highest BCUT2D eigenvalue weighted by Crippen LogP contribution is 2.44.